The molecule has 1 fully saturated rings. The molecule has 0 saturated heterocycles. The SMILES string of the molecule is CCCCCCC(C)NCc1cccc(C2CC2)c1. The van der Waals surface area contributed by atoms with Crippen molar-refractivity contribution in [2.24, 2.45) is 0 Å². The molecular formula is C18H29N. The molecule has 1 atom stereocenters. The van der Waals surface area contributed by atoms with Crippen LogP contribution in [0.25, 0.3) is 0 Å². The topological polar surface area (TPSA) is 12.0 Å². The average molecular weight is 259 g/mol. The molecule has 19 heavy (non-hydrogen) atoms. The van der Waals surface area contributed by atoms with E-state index in [1.165, 1.54) is 50.5 Å². The van der Waals surface area contributed by atoms with Crippen molar-refractivity contribution >= 4 is 0 Å². The lowest BCUT2D eigenvalue weighted by Crippen LogP contribution is -2.25. The maximum atomic E-state index is 3.66. The Morgan fingerprint density at radius 2 is 2.05 bits per heavy atom. The average Bonchev–Trinajstić information content (AvgIpc) is 3.26. The Balaban J connectivity index is 1.67. The molecule has 1 aliphatic rings. The molecule has 1 aromatic carbocycles. The molecule has 1 aliphatic carbocycles. The second-order valence-electron chi connectivity index (χ2n) is 6.15. The predicted molar refractivity (Wildman–Crippen MR) is 83.5 cm³/mol. The second kappa shape index (κ2) is 7.69. The van der Waals surface area contributed by atoms with E-state index in [0.717, 1.165) is 12.5 Å². The number of benzene rings is 1. The van der Waals surface area contributed by atoms with Crippen LogP contribution in [0.5, 0.6) is 0 Å². The van der Waals surface area contributed by atoms with E-state index in [-0.39, 0.29) is 0 Å². The third-order valence-corrected chi connectivity index (χ3v) is 4.15. The van der Waals surface area contributed by atoms with Gasteiger partial charge in [-0.1, -0.05) is 56.9 Å². The molecule has 0 bridgehead atoms. The van der Waals surface area contributed by atoms with E-state index in [2.05, 4.69) is 43.4 Å². The lowest BCUT2D eigenvalue weighted by Gasteiger charge is -2.14. The van der Waals surface area contributed by atoms with Crippen molar-refractivity contribution in [3.05, 3.63) is 35.4 Å². The largest absolute Gasteiger partial charge is 0.310 e. The molecule has 2 rings (SSSR count). The lowest BCUT2D eigenvalue weighted by molar-refractivity contribution is 0.482. The summed E-state index contributed by atoms with van der Waals surface area (Å²) in [7, 11) is 0. The fraction of sp³-hybridized carbons (Fsp3) is 0.667. The maximum absolute atomic E-state index is 3.66. The second-order valence-corrected chi connectivity index (χ2v) is 6.15. The van der Waals surface area contributed by atoms with Crippen LogP contribution in [-0.4, -0.2) is 6.04 Å². The molecule has 0 aromatic heterocycles. The van der Waals surface area contributed by atoms with Crippen LogP contribution in [0, 0.1) is 0 Å². The first-order valence-corrected chi connectivity index (χ1v) is 8.12. The Morgan fingerprint density at radius 3 is 2.79 bits per heavy atom. The molecule has 1 unspecified atom stereocenters. The van der Waals surface area contributed by atoms with Crippen LogP contribution in [-0.2, 0) is 6.54 Å². The Hall–Kier alpha value is -0.820. The van der Waals surface area contributed by atoms with Gasteiger partial charge in [0.25, 0.3) is 0 Å². The minimum absolute atomic E-state index is 0.640. The zero-order valence-corrected chi connectivity index (χ0v) is 12.6. The summed E-state index contributed by atoms with van der Waals surface area (Å²) in [5.41, 5.74) is 3.00. The molecule has 1 heteroatoms. The zero-order chi connectivity index (χ0) is 13.5. The molecule has 0 heterocycles. The zero-order valence-electron chi connectivity index (χ0n) is 12.6. The summed E-state index contributed by atoms with van der Waals surface area (Å²) in [5, 5.41) is 3.66. The van der Waals surface area contributed by atoms with Crippen molar-refractivity contribution < 1.29 is 0 Å². The normalized spacial score (nSPS) is 16.5. The molecule has 1 N–H and O–H groups in total. The highest BCUT2D eigenvalue weighted by atomic mass is 14.9. The number of nitrogens with one attached hydrogen (secondary N) is 1. The minimum Gasteiger partial charge on any atom is -0.310 e. The summed E-state index contributed by atoms with van der Waals surface area (Å²) in [4.78, 5) is 0. The Morgan fingerprint density at radius 1 is 1.21 bits per heavy atom. The van der Waals surface area contributed by atoms with Gasteiger partial charge in [-0.05, 0) is 43.2 Å². The molecule has 0 amide bonds. The van der Waals surface area contributed by atoms with E-state index < -0.39 is 0 Å². The highest BCUT2D eigenvalue weighted by Gasteiger charge is 2.23. The number of hydrogen-bond donors (Lipinski definition) is 1. The van der Waals surface area contributed by atoms with Crippen LogP contribution in [0.3, 0.4) is 0 Å². The molecule has 1 aromatic rings. The molecule has 0 aliphatic heterocycles. The van der Waals surface area contributed by atoms with Gasteiger partial charge < -0.3 is 5.32 Å². The van der Waals surface area contributed by atoms with E-state index in [9.17, 15) is 0 Å². The van der Waals surface area contributed by atoms with Gasteiger partial charge in [0.2, 0.25) is 0 Å². The van der Waals surface area contributed by atoms with E-state index >= 15 is 0 Å². The van der Waals surface area contributed by atoms with E-state index in [0.29, 0.717) is 6.04 Å². The van der Waals surface area contributed by atoms with Gasteiger partial charge in [-0.25, -0.2) is 0 Å². The summed E-state index contributed by atoms with van der Waals surface area (Å²) in [6, 6.07) is 9.80. The van der Waals surface area contributed by atoms with Crippen LogP contribution in [0.15, 0.2) is 24.3 Å². The molecule has 106 valence electrons. The summed E-state index contributed by atoms with van der Waals surface area (Å²) < 4.78 is 0. The van der Waals surface area contributed by atoms with Crippen LogP contribution < -0.4 is 5.32 Å². The lowest BCUT2D eigenvalue weighted by atomic mass is 10.1. The van der Waals surface area contributed by atoms with Crippen molar-refractivity contribution in [3.63, 3.8) is 0 Å². The molecule has 0 spiro atoms. The Bertz CT molecular complexity index is 368. The van der Waals surface area contributed by atoms with Gasteiger partial charge in [0.15, 0.2) is 0 Å². The van der Waals surface area contributed by atoms with Gasteiger partial charge in [0, 0.05) is 12.6 Å². The number of unbranched alkanes of at least 4 members (excludes halogenated alkanes) is 3. The van der Waals surface area contributed by atoms with E-state index in [4.69, 9.17) is 0 Å². The fourth-order valence-corrected chi connectivity index (χ4v) is 2.65. The summed E-state index contributed by atoms with van der Waals surface area (Å²) in [6.45, 7) is 5.61. The van der Waals surface area contributed by atoms with Crippen LogP contribution in [0.4, 0.5) is 0 Å². The van der Waals surface area contributed by atoms with Gasteiger partial charge >= 0.3 is 0 Å². The molecule has 1 saturated carbocycles. The summed E-state index contributed by atoms with van der Waals surface area (Å²) in [6.07, 6.45) is 9.56. The predicted octanol–water partition coefficient (Wildman–Crippen LogP) is 5.01. The fourth-order valence-electron chi connectivity index (χ4n) is 2.65. The van der Waals surface area contributed by atoms with Crippen molar-refractivity contribution in [3.8, 4) is 0 Å². The quantitative estimate of drug-likeness (QED) is 0.614. The minimum atomic E-state index is 0.640. The maximum Gasteiger partial charge on any atom is 0.0208 e. The number of hydrogen-bond acceptors (Lipinski definition) is 1. The Labute approximate surface area is 118 Å². The highest BCUT2D eigenvalue weighted by Crippen LogP contribution is 2.40. The standard InChI is InChI=1S/C18H29N/c1-3-4-5-6-8-15(2)19-14-16-9-7-10-18(13-16)17-11-12-17/h7,9-10,13,15,17,19H,3-6,8,11-12,14H2,1-2H3. The van der Waals surface area contributed by atoms with Crippen molar-refractivity contribution in [2.45, 2.75) is 77.3 Å². The first-order chi connectivity index (χ1) is 9.29. The van der Waals surface area contributed by atoms with Crippen LogP contribution in [0.1, 0.15) is 75.8 Å². The van der Waals surface area contributed by atoms with E-state index in [1.807, 2.05) is 0 Å². The van der Waals surface area contributed by atoms with Crippen LogP contribution in [0.2, 0.25) is 0 Å². The van der Waals surface area contributed by atoms with Gasteiger partial charge in [0.1, 0.15) is 0 Å². The van der Waals surface area contributed by atoms with Gasteiger partial charge in [0.05, 0.1) is 0 Å². The smallest absolute Gasteiger partial charge is 0.0208 e. The van der Waals surface area contributed by atoms with Gasteiger partial charge in [-0.3, -0.25) is 0 Å². The molecule has 1 nitrogen and oxygen atoms in total. The molecule has 0 radical (unpaired) electrons. The third kappa shape index (κ3) is 5.36. The molecular weight excluding hydrogens is 230 g/mol. The van der Waals surface area contributed by atoms with Crippen molar-refractivity contribution in [2.75, 3.05) is 0 Å². The highest BCUT2D eigenvalue weighted by molar-refractivity contribution is 5.29. The Kier molecular flexibility index (Phi) is 5.91. The first kappa shape index (κ1) is 14.6. The monoisotopic (exact) mass is 259 g/mol. The van der Waals surface area contributed by atoms with Gasteiger partial charge in [-0.15, -0.1) is 0 Å². The summed E-state index contributed by atoms with van der Waals surface area (Å²) in [5.74, 6) is 0.867. The van der Waals surface area contributed by atoms with Crippen molar-refractivity contribution in [1.82, 2.24) is 5.32 Å². The first-order valence-electron chi connectivity index (χ1n) is 8.12. The van der Waals surface area contributed by atoms with Gasteiger partial charge in [-0.2, -0.15) is 0 Å². The van der Waals surface area contributed by atoms with Crippen molar-refractivity contribution in [1.29, 1.82) is 0 Å². The number of rotatable bonds is 9. The summed E-state index contributed by atoms with van der Waals surface area (Å²) >= 11 is 0. The van der Waals surface area contributed by atoms with Crippen LogP contribution >= 0.6 is 0 Å². The van der Waals surface area contributed by atoms with E-state index in [1.54, 1.807) is 5.56 Å². The third-order valence-electron chi connectivity index (χ3n) is 4.15.